The van der Waals surface area contributed by atoms with E-state index in [1.807, 2.05) is 0 Å². The summed E-state index contributed by atoms with van der Waals surface area (Å²) in [5.41, 5.74) is -0.115. The van der Waals surface area contributed by atoms with Crippen LogP contribution in [0.15, 0.2) is 12.2 Å². The predicted octanol–water partition coefficient (Wildman–Crippen LogP) is 1.59. The molecule has 0 radical (unpaired) electrons. The van der Waals surface area contributed by atoms with E-state index in [-0.39, 0.29) is 10.8 Å². The van der Waals surface area contributed by atoms with Crippen LogP contribution in [0.25, 0.3) is 0 Å². The molecule has 0 aliphatic heterocycles. The van der Waals surface area contributed by atoms with Gasteiger partial charge in [-0.15, -0.1) is 0 Å². The van der Waals surface area contributed by atoms with Crippen LogP contribution in [0, 0.1) is 10.8 Å². The molecule has 3 aliphatic carbocycles. The van der Waals surface area contributed by atoms with E-state index < -0.39 is 32.4 Å². The van der Waals surface area contributed by atoms with Crippen LogP contribution in [0.1, 0.15) is 38.5 Å². The van der Waals surface area contributed by atoms with Gasteiger partial charge >= 0.3 is 0 Å². The summed E-state index contributed by atoms with van der Waals surface area (Å²) in [5.74, 6) is 0. The first-order valence-electron chi connectivity index (χ1n) is 7.51. The van der Waals surface area contributed by atoms with Crippen LogP contribution in [0.4, 0.5) is 0 Å². The van der Waals surface area contributed by atoms with Crippen LogP contribution < -0.4 is 0 Å². The van der Waals surface area contributed by atoms with Gasteiger partial charge in [0.25, 0.3) is 20.2 Å². The maximum Gasteiger partial charge on any atom is 0.264 e. The zero-order valence-electron chi connectivity index (χ0n) is 12.8. The van der Waals surface area contributed by atoms with E-state index in [0.717, 1.165) is 38.2 Å². The SMILES string of the molecule is CS(=O)(=O)O[C@H]1C[C@]23C=C[C@@]2(CCCC3)C[C@H]1OS(C)(=O)=O. The van der Waals surface area contributed by atoms with Crippen LogP contribution >= 0.6 is 0 Å². The summed E-state index contributed by atoms with van der Waals surface area (Å²) in [6.07, 6.45) is 9.99. The van der Waals surface area contributed by atoms with Crippen LogP contribution in [0.3, 0.4) is 0 Å². The number of hydrogen-bond donors (Lipinski definition) is 0. The van der Waals surface area contributed by atoms with Crippen molar-refractivity contribution in [2.24, 2.45) is 10.8 Å². The first-order valence-corrected chi connectivity index (χ1v) is 11.1. The summed E-state index contributed by atoms with van der Waals surface area (Å²) in [7, 11) is -7.34. The fourth-order valence-electron chi connectivity index (χ4n) is 4.47. The van der Waals surface area contributed by atoms with Crippen molar-refractivity contribution >= 4 is 20.2 Å². The topological polar surface area (TPSA) is 86.7 Å². The van der Waals surface area contributed by atoms with E-state index in [4.69, 9.17) is 8.37 Å². The maximum absolute atomic E-state index is 11.5. The summed E-state index contributed by atoms with van der Waals surface area (Å²) < 4.78 is 56.5. The second-order valence-corrected chi connectivity index (χ2v) is 10.1. The maximum atomic E-state index is 11.5. The van der Waals surface area contributed by atoms with Crippen LogP contribution in [-0.2, 0) is 28.6 Å². The summed E-state index contributed by atoms with van der Waals surface area (Å²) in [4.78, 5) is 0. The van der Waals surface area contributed by atoms with Gasteiger partial charge in [-0.3, -0.25) is 8.37 Å². The Labute approximate surface area is 132 Å². The van der Waals surface area contributed by atoms with Gasteiger partial charge in [-0.2, -0.15) is 16.8 Å². The molecule has 22 heavy (non-hydrogen) atoms. The monoisotopic (exact) mass is 350 g/mol. The highest BCUT2D eigenvalue weighted by molar-refractivity contribution is 7.86. The standard InChI is InChI=1S/C14H22O6S2/c1-21(15,16)19-11-9-13-5-3-4-6-14(13,8-7-13)10-12(11)20-22(2,17)18/h7-8,11-12H,3-6,9-10H2,1-2H3/t11-,12+,13-,14-/m0/s1. The first kappa shape index (κ1) is 16.4. The fraction of sp³-hybridized carbons (Fsp3) is 0.857. The Balaban J connectivity index is 1.91. The molecule has 0 N–H and O–H groups in total. The molecular weight excluding hydrogens is 328 g/mol. The van der Waals surface area contributed by atoms with E-state index in [0.29, 0.717) is 12.8 Å². The minimum atomic E-state index is -3.67. The summed E-state index contributed by atoms with van der Waals surface area (Å²) >= 11 is 0. The van der Waals surface area contributed by atoms with E-state index in [1.165, 1.54) is 0 Å². The smallest absolute Gasteiger partial charge is 0.264 e. The second kappa shape index (κ2) is 5.03. The highest BCUT2D eigenvalue weighted by atomic mass is 32.2. The van der Waals surface area contributed by atoms with Crippen LogP contribution in [-0.4, -0.2) is 41.6 Å². The van der Waals surface area contributed by atoms with E-state index in [9.17, 15) is 16.8 Å². The lowest BCUT2D eigenvalue weighted by atomic mass is 9.43. The molecule has 8 heteroatoms. The average Bonchev–Trinajstić information content (AvgIpc) is 2.31. The van der Waals surface area contributed by atoms with Crippen molar-refractivity contribution in [1.29, 1.82) is 0 Å². The molecule has 0 unspecified atom stereocenters. The molecule has 0 heterocycles. The minimum absolute atomic E-state index is 0.0576. The Hall–Kier alpha value is -0.440. The lowest BCUT2D eigenvalue weighted by Gasteiger charge is -2.62. The zero-order valence-corrected chi connectivity index (χ0v) is 14.5. The minimum Gasteiger partial charge on any atom is -0.264 e. The highest BCUT2D eigenvalue weighted by Crippen LogP contribution is 2.66. The molecule has 0 bridgehead atoms. The number of hydrogen-bond acceptors (Lipinski definition) is 6. The molecule has 3 aliphatic rings. The summed E-state index contributed by atoms with van der Waals surface area (Å²) in [6, 6.07) is 0. The van der Waals surface area contributed by atoms with Gasteiger partial charge < -0.3 is 0 Å². The molecule has 4 atom stereocenters. The Kier molecular flexibility index (Phi) is 3.75. The molecule has 0 aromatic heterocycles. The lowest BCUT2D eigenvalue weighted by molar-refractivity contribution is -0.104. The quantitative estimate of drug-likeness (QED) is 0.565. The Bertz CT molecular complexity index is 635. The lowest BCUT2D eigenvalue weighted by Crippen LogP contribution is -2.59. The Morgan fingerprint density at radius 3 is 1.45 bits per heavy atom. The van der Waals surface area contributed by atoms with Crippen molar-refractivity contribution in [2.75, 3.05) is 12.5 Å². The Morgan fingerprint density at radius 1 is 0.818 bits per heavy atom. The highest BCUT2D eigenvalue weighted by Gasteiger charge is 2.61. The van der Waals surface area contributed by atoms with Crippen molar-refractivity contribution in [2.45, 2.75) is 50.7 Å². The van der Waals surface area contributed by atoms with Crippen molar-refractivity contribution in [3.05, 3.63) is 12.2 Å². The Morgan fingerprint density at radius 2 is 1.18 bits per heavy atom. The molecule has 3 rings (SSSR count). The fourth-order valence-corrected chi connectivity index (χ4v) is 5.75. The summed E-state index contributed by atoms with van der Waals surface area (Å²) in [5, 5.41) is 0. The predicted molar refractivity (Wildman–Crippen MR) is 81.1 cm³/mol. The molecule has 0 amide bonds. The molecule has 0 aromatic carbocycles. The van der Waals surface area contributed by atoms with Gasteiger partial charge in [-0.1, -0.05) is 25.0 Å². The summed E-state index contributed by atoms with van der Waals surface area (Å²) in [6.45, 7) is 0. The molecule has 126 valence electrons. The van der Waals surface area contributed by atoms with Crippen molar-refractivity contribution in [3.8, 4) is 0 Å². The second-order valence-electron chi connectivity index (χ2n) is 6.94. The van der Waals surface area contributed by atoms with E-state index >= 15 is 0 Å². The third kappa shape index (κ3) is 2.86. The molecule has 0 aromatic rings. The number of rotatable bonds is 4. The van der Waals surface area contributed by atoms with Gasteiger partial charge in [-0.25, -0.2) is 0 Å². The molecular formula is C14H22O6S2. The third-order valence-corrected chi connectivity index (χ3v) is 6.54. The first-order chi connectivity index (χ1) is 10.0. The van der Waals surface area contributed by atoms with E-state index in [2.05, 4.69) is 12.2 Å². The molecule has 2 saturated carbocycles. The van der Waals surface area contributed by atoms with Gasteiger partial charge in [-0.05, 0) is 25.7 Å². The molecule has 6 nitrogen and oxygen atoms in total. The van der Waals surface area contributed by atoms with Gasteiger partial charge in [0.15, 0.2) is 0 Å². The molecule has 0 saturated heterocycles. The molecule has 2 fully saturated rings. The largest absolute Gasteiger partial charge is 0.264 e. The van der Waals surface area contributed by atoms with Crippen LogP contribution in [0.5, 0.6) is 0 Å². The van der Waals surface area contributed by atoms with Gasteiger partial charge in [0.2, 0.25) is 0 Å². The van der Waals surface area contributed by atoms with Gasteiger partial charge in [0.05, 0.1) is 12.5 Å². The molecule has 0 spiro atoms. The van der Waals surface area contributed by atoms with E-state index in [1.54, 1.807) is 0 Å². The normalized spacial score (nSPS) is 41.4. The third-order valence-electron chi connectivity index (χ3n) is 5.35. The number of allylic oxidation sites excluding steroid dienone is 2. The average molecular weight is 350 g/mol. The zero-order chi connectivity index (χ0) is 16.2. The van der Waals surface area contributed by atoms with Gasteiger partial charge in [0, 0.05) is 10.8 Å². The van der Waals surface area contributed by atoms with Crippen LogP contribution in [0.2, 0.25) is 0 Å². The van der Waals surface area contributed by atoms with Crippen molar-refractivity contribution < 1.29 is 25.2 Å². The van der Waals surface area contributed by atoms with Crippen molar-refractivity contribution in [1.82, 2.24) is 0 Å². The van der Waals surface area contributed by atoms with Crippen molar-refractivity contribution in [3.63, 3.8) is 0 Å². The van der Waals surface area contributed by atoms with Gasteiger partial charge in [0.1, 0.15) is 12.2 Å².